The quantitative estimate of drug-likeness (QED) is 0.903. The largest absolute Gasteiger partial charge is 0.478 e. The molecule has 0 aliphatic heterocycles. The topological polar surface area (TPSA) is 66.8 Å². The van der Waals surface area contributed by atoms with Gasteiger partial charge < -0.3 is 9.84 Å². The molecule has 0 aliphatic rings. The molecule has 0 saturated heterocycles. The Morgan fingerprint density at radius 3 is 2.41 bits per heavy atom. The maximum Gasteiger partial charge on any atom is 0.413 e. The lowest BCUT2D eigenvalue weighted by Gasteiger charge is -2.19. The first-order valence-electron chi connectivity index (χ1n) is 4.43. The first-order chi connectivity index (χ1) is 7.90. The number of carbonyl (C=O) groups excluding carboxylic acids is 1. The van der Waals surface area contributed by atoms with Crippen molar-refractivity contribution in [3.05, 3.63) is 27.7 Å². The lowest BCUT2D eigenvalue weighted by atomic mass is 10.1. The molecule has 1 rings (SSSR count). The number of carboxylic acids is 1. The van der Waals surface area contributed by atoms with Crippen molar-refractivity contribution in [1.29, 1.82) is 0 Å². The van der Waals surface area contributed by atoms with Crippen LogP contribution in [0.15, 0.2) is 12.1 Å². The molecule has 1 amide bonds. The molecule has 0 spiro atoms. The summed E-state index contributed by atoms with van der Waals surface area (Å²) in [7, 11) is 2.52. The lowest BCUT2D eigenvalue weighted by molar-refractivity contribution is 0.0697. The van der Waals surface area contributed by atoms with Gasteiger partial charge in [-0.1, -0.05) is 23.2 Å². The summed E-state index contributed by atoms with van der Waals surface area (Å²) in [6.07, 6.45) is -0.739. The first-order valence-corrected chi connectivity index (χ1v) is 5.18. The maximum absolute atomic E-state index is 11.4. The fourth-order valence-electron chi connectivity index (χ4n) is 1.27. The molecule has 0 atom stereocenters. The molecule has 5 nitrogen and oxygen atoms in total. The average Bonchev–Trinajstić information content (AvgIpc) is 2.30. The van der Waals surface area contributed by atoms with E-state index in [-0.39, 0.29) is 21.3 Å². The van der Waals surface area contributed by atoms with Crippen molar-refractivity contribution in [2.75, 3.05) is 19.1 Å². The number of nitrogens with zero attached hydrogens (tertiary/aromatic N) is 1. The van der Waals surface area contributed by atoms with Gasteiger partial charge in [0.2, 0.25) is 0 Å². The molecule has 0 fully saturated rings. The molecule has 17 heavy (non-hydrogen) atoms. The molecule has 0 unspecified atom stereocenters. The van der Waals surface area contributed by atoms with Crippen molar-refractivity contribution in [2.45, 2.75) is 0 Å². The molecule has 1 aromatic rings. The van der Waals surface area contributed by atoms with Crippen LogP contribution in [-0.2, 0) is 4.74 Å². The summed E-state index contributed by atoms with van der Waals surface area (Å²) in [5.74, 6) is -1.21. The monoisotopic (exact) mass is 277 g/mol. The molecule has 92 valence electrons. The lowest BCUT2D eigenvalue weighted by Crippen LogP contribution is -2.28. The third-order valence-corrected chi connectivity index (χ3v) is 2.88. The van der Waals surface area contributed by atoms with Crippen LogP contribution in [0.1, 0.15) is 10.4 Å². The Balaban J connectivity index is 3.42. The fourth-order valence-corrected chi connectivity index (χ4v) is 1.71. The van der Waals surface area contributed by atoms with Crippen molar-refractivity contribution in [1.82, 2.24) is 0 Å². The molecule has 0 bridgehead atoms. The number of methoxy groups -OCH3 is 1. The van der Waals surface area contributed by atoms with Crippen LogP contribution >= 0.6 is 23.2 Å². The van der Waals surface area contributed by atoms with Gasteiger partial charge in [-0.25, -0.2) is 9.59 Å². The first kappa shape index (κ1) is 13.6. The summed E-state index contributed by atoms with van der Waals surface area (Å²) < 4.78 is 4.49. The van der Waals surface area contributed by atoms with Gasteiger partial charge in [-0.15, -0.1) is 0 Å². The Labute approximate surface area is 107 Å². The van der Waals surface area contributed by atoms with Crippen molar-refractivity contribution >= 4 is 41.0 Å². The number of ether oxygens (including phenoxy) is 1. The second-order valence-corrected chi connectivity index (χ2v) is 3.88. The molecule has 1 N–H and O–H groups in total. The molecular weight excluding hydrogens is 269 g/mol. The summed E-state index contributed by atoms with van der Waals surface area (Å²) in [5.41, 5.74) is -0.134. The zero-order valence-electron chi connectivity index (χ0n) is 9.03. The van der Waals surface area contributed by atoms with E-state index in [9.17, 15) is 9.59 Å². The van der Waals surface area contributed by atoms with Gasteiger partial charge in [0.05, 0.1) is 28.4 Å². The smallest absolute Gasteiger partial charge is 0.413 e. The minimum atomic E-state index is -1.21. The fraction of sp³-hybridized carbons (Fsp3) is 0.200. The Hall–Kier alpha value is -1.46. The number of carboxylic acid groups (broad SMARTS) is 1. The summed E-state index contributed by atoms with van der Waals surface area (Å²) in [6, 6.07) is 2.62. The summed E-state index contributed by atoms with van der Waals surface area (Å²) in [4.78, 5) is 23.4. The molecule has 0 radical (unpaired) electrons. The van der Waals surface area contributed by atoms with E-state index in [1.807, 2.05) is 0 Å². The molecule has 0 heterocycles. The highest BCUT2D eigenvalue weighted by Gasteiger charge is 2.23. The van der Waals surface area contributed by atoms with Crippen LogP contribution in [0.3, 0.4) is 0 Å². The van der Waals surface area contributed by atoms with Crippen molar-refractivity contribution in [2.24, 2.45) is 0 Å². The van der Waals surface area contributed by atoms with E-state index in [0.29, 0.717) is 0 Å². The van der Waals surface area contributed by atoms with Crippen LogP contribution in [0.25, 0.3) is 0 Å². The summed E-state index contributed by atoms with van der Waals surface area (Å²) >= 11 is 11.7. The van der Waals surface area contributed by atoms with Crippen molar-refractivity contribution in [3.8, 4) is 0 Å². The number of rotatable bonds is 2. The Morgan fingerprint density at radius 2 is 1.94 bits per heavy atom. The van der Waals surface area contributed by atoms with Gasteiger partial charge in [0.25, 0.3) is 0 Å². The van der Waals surface area contributed by atoms with Gasteiger partial charge in [-0.3, -0.25) is 4.90 Å². The number of benzene rings is 1. The highest BCUT2D eigenvalue weighted by atomic mass is 35.5. The standard InChI is InChI=1S/C10H9Cl2NO4/c1-13(10(16)17-2)8-5(9(14)15)3-4-6(11)7(8)12/h3-4H,1-2H3,(H,14,15). The molecular formula is C10H9Cl2NO4. The maximum atomic E-state index is 11.4. The van der Waals surface area contributed by atoms with Gasteiger partial charge in [0.1, 0.15) is 0 Å². The second-order valence-electron chi connectivity index (χ2n) is 3.09. The molecule has 0 saturated carbocycles. The highest BCUT2D eigenvalue weighted by Crippen LogP contribution is 2.35. The van der Waals surface area contributed by atoms with Gasteiger partial charge in [0, 0.05) is 7.05 Å². The third-order valence-electron chi connectivity index (χ3n) is 2.08. The number of halogens is 2. The Kier molecular flexibility index (Phi) is 4.20. The van der Waals surface area contributed by atoms with Crippen LogP contribution in [0, 0.1) is 0 Å². The number of carbonyl (C=O) groups is 2. The van der Waals surface area contributed by atoms with Crippen LogP contribution in [-0.4, -0.2) is 31.3 Å². The van der Waals surface area contributed by atoms with Gasteiger partial charge >= 0.3 is 12.1 Å². The highest BCUT2D eigenvalue weighted by molar-refractivity contribution is 6.44. The SMILES string of the molecule is COC(=O)N(C)c1c(C(=O)O)ccc(Cl)c1Cl. The van der Waals surface area contributed by atoms with E-state index < -0.39 is 12.1 Å². The number of amides is 1. The van der Waals surface area contributed by atoms with Crippen LogP contribution in [0.5, 0.6) is 0 Å². The Bertz CT molecular complexity index is 476. The number of hydrogen-bond acceptors (Lipinski definition) is 3. The minimum absolute atomic E-state index is 0.00137. The number of aromatic carboxylic acids is 1. The van der Waals surface area contributed by atoms with Crippen LogP contribution in [0.2, 0.25) is 10.0 Å². The van der Waals surface area contributed by atoms with Crippen LogP contribution in [0.4, 0.5) is 10.5 Å². The number of anilines is 1. The van der Waals surface area contributed by atoms with Crippen LogP contribution < -0.4 is 4.90 Å². The predicted molar refractivity (Wildman–Crippen MR) is 64.2 cm³/mol. The third kappa shape index (κ3) is 2.62. The second kappa shape index (κ2) is 5.25. The zero-order chi connectivity index (χ0) is 13.2. The molecule has 7 heteroatoms. The summed E-state index contributed by atoms with van der Waals surface area (Å²) in [6.45, 7) is 0. The number of hydrogen-bond donors (Lipinski definition) is 1. The molecule has 0 aromatic heterocycles. The van der Waals surface area contributed by atoms with E-state index in [0.717, 1.165) is 4.90 Å². The van der Waals surface area contributed by atoms with E-state index >= 15 is 0 Å². The predicted octanol–water partition coefficient (Wildman–Crippen LogP) is 2.89. The summed E-state index contributed by atoms with van der Waals surface area (Å²) in [5, 5.41) is 9.14. The van der Waals surface area contributed by atoms with E-state index in [1.54, 1.807) is 0 Å². The van der Waals surface area contributed by atoms with E-state index in [4.69, 9.17) is 28.3 Å². The molecule has 0 aliphatic carbocycles. The normalized spacial score (nSPS) is 9.88. The van der Waals surface area contributed by atoms with Crippen molar-refractivity contribution < 1.29 is 19.4 Å². The van der Waals surface area contributed by atoms with Gasteiger partial charge in [0.15, 0.2) is 0 Å². The van der Waals surface area contributed by atoms with E-state index in [2.05, 4.69) is 4.74 Å². The Morgan fingerprint density at radius 1 is 1.35 bits per heavy atom. The average molecular weight is 278 g/mol. The van der Waals surface area contributed by atoms with Gasteiger partial charge in [-0.2, -0.15) is 0 Å². The van der Waals surface area contributed by atoms with E-state index in [1.165, 1.54) is 26.3 Å². The zero-order valence-corrected chi connectivity index (χ0v) is 10.5. The van der Waals surface area contributed by atoms with Crippen molar-refractivity contribution in [3.63, 3.8) is 0 Å². The molecule has 1 aromatic carbocycles. The minimum Gasteiger partial charge on any atom is -0.478 e. The van der Waals surface area contributed by atoms with Gasteiger partial charge in [-0.05, 0) is 12.1 Å².